The third-order valence-electron chi connectivity index (χ3n) is 4.42. The molecular weight excluding hydrogens is 222 g/mol. The number of hydrogen-bond donors (Lipinski definition) is 1. The molecule has 0 saturated carbocycles. The molecule has 3 rings (SSSR count). The van der Waals surface area contributed by atoms with Crippen molar-refractivity contribution in [2.75, 3.05) is 13.1 Å². The second-order valence-corrected chi connectivity index (χ2v) is 6.37. The van der Waals surface area contributed by atoms with Gasteiger partial charge in [0, 0.05) is 19.0 Å². The SMILES string of the molecule is CC(C)Cc1cccc2c1CO[C@@]1(C)CNC[C@@H]21. The van der Waals surface area contributed by atoms with Gasteiger partial charge in [-0.1, -0.05) is 32.0 Å². The summed E-state index contributed by atoms with van der Waals surface area (Å²) >= 11 is 0. The van der Waals surface area contributed by atoms with Gasteiger partial charge in [0.15, 0.2) is 0 Å². The summed E-state index contributed by atoms with van der Waals surface area (Å²) in [6.07, 6.45) is 1.16. The van der Waals surface area contributed by atoms with Crippen LogP contribution in [0.25, 0.3) is 0 Å². The van der Waals surface area contributed by atoms with Gasteiger partial charge in [-0.15, -0.1) is 0 Å². The van der Waals surface area contributed by atoms with E-state index in [0.29, 0.717) is 11.8 Å². The largest absolute Gasteiger partial charge is 0.369 e. The monoisotopic (exact) mass is 245 g/mol. The van der Waals surface area contributed by atoms with E-state index in [-0.39, 0.29) is 5.60 Å². The summed E-state index contributed by atoms with van der Waals surface area (Å²) in [6.45, 7) is 9.62. The minimum atomic E-state index is 0.00343. The Morgan fingerprint density at radius 1 is 1.44 bits per heavy atom. The Morgan fingerprint density at radius 2 is 2.28 bits per heavy atom. The van der Waals surface area contributed by atoms with E-state index >= 15 is 0 Å². The summed E-state index contributed by atoms with van der Waals surface area (Å²) in [6, 6.07) is 6.80. The Labute approximate surface area is 110 Å². The first-order chi connectivity index (χ1) is 8.60. The van der Waals surface area contributed by atoms with Crippen LogP contribution in [0.3, 0.4) is 0 Å². The Kier molecular flexibility index (Phi) is 2.95. The standard InChI is InChI=1S/C16H23NO/c1-11(2)7-12-5-4-6-13-14(12)9-18-16(3)10-17-8-15(13)16/h4-6,11,15,17H,7-10H2,1-3H3/t15-,16-/m0/s1. The molecule has 1 aromatic carbocycles. The van der Waals surface area contributed by atoms with Crippen LogP contribution in [-0.2, 0) is 17.8 Å². The fourth-order valence-electron chi connectivity index (χ4n) is 3.42. The van der Waals surface area contributed by atoms with E-state index in [1.807, 2.05) is 0 Å². The van der Waals surface area contributed by atoms with Gasteiger partial charge in [0.1, 0.15) is 0 Å². The zero-order chi connectivity index (χ0) is 12.8. The molecular formula is C16H23NO. The van der Waals surface area contributed by atoms with E-state index in [1.54, 1.807) is 0 Å². The fraction of sp³-hybridized carbons (Fsp3) is 0.625. The number of hydrogen-bond acceptors (Lipinski definition) is 2. The first-order valence-corrected chi connectivity index (χ1v) is 7.05. The van der Waals surface area contributed by atoms with Crippen molar-refractivity contribution in [1.29, 1.82) is 0 Å². The molecule has 2 heterocycles. The smallest absolute Gasteiger partial charge is 0.0863 e. The highest BCUT2D eigenvalue weighted by Gasteiger charge is 2.44. The molecule has 2 nitrogen and oxygen atoms in total. The maximum atomic E-state index is 6.18. The van der Waals surface area contributed by atoms with Crippen LogP contribution in [0, 0.1) is 5.92 Å². The van der Waals surface area contributed by atoms with Crippen LogP contribution >= 0.6 is 0 Å². The Bertz CT molecular complexity index is 454. The van der Waals surface area contributed by atoms with Gasteiger partial charge in [-0.2, -0.15) is 0 Å². The molecule has 1 N–H and O–H groups in total. The summed E-state index contributed by atoms with van der Waals surface area (Å²) in [5.41, 5.74) is 4.46. The van der Waals surface area contributed by atoms with Gasteiger partial charge in [0.2, 0.25) is 0 Å². The van der Waals surface area contributed by atoms with E-state index in [2.05, 4.69) is 44.3 Å². The summed E-state index contributed by atoms with van der Waals surface area (Å²) in [4.78, 5) is 0. The van der Waals surface area contributed by atoms with Crippen molar-refractivity contribution in [3.05, 3.63) is 34.9 Å². The molecule has 0 spiro atoms. The molecule has 1 fully saturated rings. The number of ether oxygens (including phenoxy) is 1. The van der Waals surface area contributed by atoms with Crippen LogP contribution in [0.2, 0.25) is 0 Å². The molecule has 98 valence electrons. The topological polar surface area (TPSA) is 21.3 Å². The molecule has 2 atom stereocenters. The summed E-state index contributed by atoms with van der Waals surface area (Å²) in [5, 5.41) is 3.48. The average Bonchev–Trinajstić information content (AvgIpc) is 2.70. The molecule has 0 aromatic heterocycles. The van der Waals surface area contributed by atoms with Crippen molar-refractivity contribution in [2.24, 2.45) is 5.92 Å². The molecule has 0 radical (unpaired) electrons. The molecule has 0 unspecified atom stereocenters. The van der Waals surface area contributed by atoms with Crippen molar-refractivity contribution in [3.8, 4) is 0 Å². The normalized spacial score (nSPS) is 30.3. The molecule has 2 aliphatic rings. The highest BCUT2D eigenvalue weighted by Crippen LogP contribution is 2.42. The number of benzene rings is 1. The van der Waals surface area contributed by atoms with E-state index < -0.39 is 0 Å². The van der Waals surface area contributed by atoms with Gasteiger partial charge in [0.25, 0.3) is 0 Å². The summed E-state index contributed by atoms with van der Waals surface area (Å²) in [7, 11) is 0. The molecule has 2 heteroatoms. The molecule has 0 bridgehead atoms. The Hall–Kier alpha value is -0.860. The van der Waals surface area contributed by atoms with Crippen LogP contribution in [0.5, 0.6) is 0 Å². The highest BCUT2D eigenvalue weighted by molar-refractivity contribution is 5.41. The van der Waals surface area contributed by atoms with Crippen molar-refractivity contribution >= 4 is 0 Å². The van der Waals surface area contributed by atoms with Crippen LogP contribution in [0.4, 0.5) is 0 Å². The van der Waals surface area contributed by atoms with Gasteiger partial charge in [0.05, 0.1) is 12.2 Å². The van der Waals surface area contributed by atoms with Gasteiger partial charge in [-0.3, -0.25) is 0 Å². The van der Waals surface area contributed by atoms with Crippen LogP contribution in [-0.4, -0.2) is 18.7 Å². The predicted octanol–water partition coefficient (Wildman–Crippen LogP) is 2.86. The van der Waals surface area contributed by atoms with Gasteiger partial charge in [-0.05, 0) is 36.0 Å². The van der Waals surface area contributed by atoms with E-state index in [9.17, 15) is 0 Å². The second-order valence-electron chi connectivity index (χ2n) is 6.37. The third kappa shape index (κ3) is 1.88. The van der Waals surface area contributed by atoms with Crippen molar-refractivity contribution < 1.29 is 4.74 Å². The summed E-state index contributed by atoms with van der Waals surface area (Å²) in [5.74, 6) is 1.22. The van der Waals surface area contributed by atoms with Gasteiger partial charge < -0.3 is 10.1 Å². The second kappa shape index (κ2) is 4.36. The van der Waals surface area contributed by atoms with Crippen LogP contribution in [0.15, 0.2) is 18.2 Å². The van der Waals surface area contributed by atoms with Crippen molar-refractivity contribution in [3.63, 3.8) is 0 Å². The Balaban J connectivity index is 2.01. The first kappa shape index (κ1) is 12.2. The lowest BCUT2D eigenvalue weighted by molar-refractivity contribution is -0.0521. The minimum Gasteiger partial charge on any atom is -0.369 e. The van der Waals surface area contributed by atoms with Crippen molar-refractivity contribution in [1.82, 2.24) is 5.32 Å². The van der Waals surface area contributed by atoms with Gasteiger partial charge >= 0.3 is 0 Å². The maximum Gasteiger partial charge on any atom is 0.0863 e. The molecule has 2 aliphatic heterocycles. The Morgan fingerprint density at radius 3 is 3.06 bits per heavy atom. The lowest BCUT2D eigenvalue weighted by Crippen LogP contribution is -2.40. The third-order valence-corrected chi connectivity index (χ3v) is 4.42. The van der Waals surface area contributed by atoms with E-state index in [4.69, 9.17) is 4.74 Å². The van der Waals surface area contributed by atoms with Crippen LogP contribution < -0.4 is 5.32 Å². The molecule has 1 aromatic rings. The minimum absolute atomic E-state index is 0.00343. The lowest BCUT2D eigenvalue weighted by atomic mass is 9.79. The maximum absolute atomic E-state index is 6.18. The molecule has 18 heavy (non-hydrogen) atoms. The number of rotatable bonds is 2. The van der Waals surface area contributed by atoms with Crippen LogP contribution in [0.1, 0.15) is 43.4 Å². The fourth-order valence-corrected chi connectivity index (χ4v) is 3.42. The lowest BCUT2D eigenvalue weighted by Gasteiger charge is -2.38. The zero-order valence-electron chi connectivity index (χ0n) is 11.6. The van der Waals surface area contributed by atoms with Gasteiger partial charge in [-0.25, -0.2) is 0 Å². The summed E-state index contributed by atoms with van der Waals surface area (Å²) < 4.78 is 6.18. The first-order valence-electron chi connectivity index (χ1n) is 7.05. The predicted molar refractivity (Wildman–Crippen MR) is 73.8 cm³/mol. The zero-order valence-corrected chi connectivity index (χ0v) is 11.6. The average molecular weight is 245 g/mol. The van der Waals surface area contributed by atoms with Crippen molar-refractivity contribution in [2.45, 2.75) is 45.3 Å². The molecule has 1 saturated heterocycles. The number of fused-ring (bicyclic) bond motifs is 3. The molecule has 0 amide bonds. The number of nitrogens with one attached hydrogen (secondary N) is 1. The quantitative estimate of drug-likeness (QED) is 0.865. The molecule has 0 aliphatic carbocycles. The van der Waals surface area contributed by atoms with E-state index in [1.165, 1.54) is 16.7 Å². The van der Waals surface area contributed by atoms with E-state index in [0.717, 1.165) is 26.1 Å². The highest BCUT2D eigenvalue weighted by atomic mass is 16.5.